The minimum Gasteiger partial charge on any atom is -0.497 e. The molecule has 0 aliphatic rings. The minimum atomic E-state index is -0.621. The van der Waals surface area contributed by atoms with Gasteiger partial charge in [0.15, 0.2) is 5.75 Å². The van der Waals surface area contributed by atoms with Crippen LogP contribution < -0.4 is 9.47 Å². The number of esters is 1. The van der Waals surface area contributed by atoms with Gasteiger partial charge in [-0.05, 0) is 75.2 Å². The van der Waals surface area contributed by atoms with Crippen molar-refractivity contribution in [3.63, 3.8) is 0 Å². The molecule has 1 atom stereocenters. The highest BCUT2D eigenvalue weighted by molar-refractivity contribution is 7.22. The van der Waals surface area contributed by atoms with Gasteiger partial charge in [-0.3, -0.25) is 0 Å². The number of hydrogen-bond donors (Lipinski definition) is 1. The summed E-state index contributed by atoms with van der Waals surface area (Å²) in [4.78, 5) is 12.9. The third-order valence-corrected chi connectivity index (χ3v) is 6.59. The zero-order valence-corrected chi connectivity index (χ0v) is 21.9. The van der Waals surface area contributed by atoms with E-state index in [1.807, 2.05) is 87.5 Å². The summed E-state index contributed by atoms with van der Waals surface area (Å²) >= 11 is 1.60. The molecule has 186 valence electrons. The van der Waals surface area contributed by atoms with Gasteiger partial charge in [0, 0.05) is 21.7 Å². The molecule has 0 aliphatic heterocycles. The number of rotatable bonds is 7. The Morgan fingerprint density at radius 2 is 1.69 bits per heavy atom. The van der Waals surface area contributed by atoms with Crippen LogP contribution in [0.4, 0.5) is 0 Å². The van der Waals surface area contributed by atoms with Crippen molar-refractivity contribution in [3.05, 3.63) is 83.9 Å². The second-order valence-corrected chi connectivity index (χ2v) is 10.5. The Balaban J connectivity index is 1.68. The van der Waals surface area contributed by atoms with Crippen LogP contribution in [-0.2, 0) is 9.53 Å². The second-order valence-electron chi connectivity index (χ2n) is 9.42. The standard InChI is InChI=1S/C30H30O5S/c1-19(31)23-8-6-7-9-24(23)29-28(25-16-15-22(33-5)18-26(25)36-29)34-21-13-10-20(11-14-21)12-17-27(32)35-30(2,3)4/h6-19,31H,1-5H3. The summed E-state index contributed by atoms with van der Waals surface area (Å²) in [5, 5.41) is 11.4. The number of thiophene rings is 1. The fraction of sp³-hybridized carbons (Fsp3) is 0.233. The van der Waals surface area contributed by atoms with Crippen LogP contribution in [0.25, 0.3) is 26.6 Å². The van der Waals surface area contributed by atoms with Crippen molar-refractivity contribution in [1.29, 1.82) is 0 Å². The van der Waals surface area contributed by atoms with Gasteiger partial charge in [-0.15, -0.1) is 11.3 Å². The summed E-state index contributed by atoms with van der Waals surface area (Å²) in [5.41, 5.74) is 2.09. The SMILES string of the molecule is COc1ccc2c(Oc3ccc(C=CC(=O)OC(C)(C)C)cc3)c(-c3ccccc3C(C)O)sc2c1. The van der Waals surface area contributed by atoms with Crippen molar-refractivity contribution in [2.45, 2.75) is 39.4 Å². The first-order chi connectivity index (χ1) is 17.1. The topological polar surface area (TPSA) is 65.0 Å². The maximum Gasteiger partial charge on any atom is 0.331 e. The molecule has 6 heteroatoms. The van der Waals surface area contributed by atoms with Crippen molar-refractivity contribution >= 4 is 33.5 Å². The van der Waals surface area contributed by atoms with Gasteiger partial charge in [0.2, 0.25) is 0 Å². The highest BCUT2D eigenvalue weighted by atomic mass is 32.1. The Bertz CT molecular complexity index is 1390. The first-order valence-electron chi connectivity index (χ1n) is 11.7. The van der Waals surface area contributed by atoms with E-state index < -0.39 is 11.7 Å². The molecule has 0 bridgehead atoms. The summed E-state index contributed by atoms with van der Waals surface area (Å²) < 4.78 is 18.2. The maximum absolute atomic E-state index is 12.0. The average Bonchev–Trinajstić information content (AvgIpc) is 3.19. The number of ether oxygens (including phenoxy) is 3. The molecule has 0 saturated carbocycles. The molecule has 0 spiro atoms. The van der Waals surface area contributed by atoms with Crippen LogP contribution in [0.1, 0.15) is 44.9 Å². The van der Waals surface area contributed by atoms with Crippen LogP contribution in [0.5, 0.6) is 17.2 Å². The summed E-state index contributed by atoms with van der Waals surface area (Å²) in [6.07, 6.45) is 2.52. The van der Waals surface area contributed by atoms with E-state index in [1.165, 1.54) is 6.08 Å². The molecule has 4 aromatic rings. The molecule has 1 aromatic heterocycles. The number of aliphatic hydroxyl groups excluding tert-OH is 1. The molecule has 1 heterocycles. The van der Waals surface area contributed by atoms with Crippen LogP contribution in [-0.4, -0.2) is 23.8 Å². The van der Waals surface area contributed by atoms with Crippen molar-refractivity contribution in [3.8, 4) is 27.7 Å². The third-order valence-electron chi connectivity index (χ3n) is 5.43. The molecule has 36 heavy (non-hydrogen) atoms. The van der Waals surface area contributed by atoms with E-state index >= 15 is 0 Å². The quantitative estimate of drug-likeness (QED) is 0.206. The largest absolute Gasteiger partial charge is 0.497 e. The zero-order valence-electron chi connectivity index (χ0n) is 21.1. The lowest BCUT2D eigenvalue weighted by atomic mass is 10.0. The third kappa shape index (κ3) is 5.96. The van der Waals surface area contributed by atoms with E-state index in [0.29, 0.717) is 5.75 Å². The molecule has 1 unspecified atom stereocenters. The van der Waals surface area contributed by atoms with Crippen molar-refractivity contribution in [2.75, 3.05) is 7.11 Å². The number of carbonyl (C=O) groups is 1. The van der Waals surface area contributed by atoms with Gasteiger partial charge in [0.1, 0.15) is 17.1 Å². The van der Waals surface area contributed by atoms with Gasteiger partial charge in [0.05, 0.1) is 18.1 Å². The molecule has 0 fully saturated rings. The predicted molar refractivity (Wildman–Crippen MR) is 146 cm³/mol. The minimum absolute atomic E-state index is 0.385. The summed E-state index contributed by atoms with van der Waals surface area (Å²) in [6.45, 7) is 7.27. The molecule has 0 aliphatic carbocycles. The van der Waals surface area contributed by atoms with Crippen molar-refractivity contribution < 1.29 is 24.1 Å². The molecule has 5 nitrogen and oxygen atoms in total. The van der Waals surface area contributed by atoms with E-state index in [0.717, 1.165) is 43.2 Å². The summed E-state index contributed by atoms with van der Waals surface area (Å²) in [5.74, 6) is 1.77. The number of hydrogen-bond acceptors (Lipinski definition) is 6. The lowest BCUT2D eigenvalue weighted by Gasteiger charge is -2.17. The fourth-order valence-electron chi connectivity index (χ4n) is 3.79. The van der Waals surface area contributed by atoms with E-state index in [2.05, 4.69) is 0 Å². The Morgan fingerprint density at radius 1 is 1.00 bits per heavy atom. The van der Waals surface area contributed by atoms with E-state index in [1.54, 1.807) is 31.4 Å². The Labute approximate surface area is 215 Å². The summed E-state index contributed by atoms with van der Waals surface area (Å²) in [6, 6.07) is 21.2. The van der Waals surface area contributed by atoms with Gasteiger partial charge in [-0.25, -0.2) is 4.79 Å². The fourth-order valence-corrected chi connectivity index (χ4v) is 5.00. The molecule has 0 amide bonds. The molecule has 0 radical (unpaired) electrons. The predicted octanol–water partition coefficient (Wildman–Crippen LogP) is 7.78. The van der Waals surface area contributed by atoms with Gasteiger partial charge < -0.3 is 19.3 Å². The average molecular weight is 503 g/mol. The summed E-state index contributed by atoms with van der Waals surface area (Å²) in [7, 11) is 1.65. The zero-order chi connectivity index (χ0) is 25.9. The Hall–Kier alpha value is -3.61. The second kappa shape index (κ2) is 10.6. The van der Waals surface area contributed by atoms with Gasteiger partial charge in [-0.2, -0.15) is 0 Å². The number of methoxy groups -OCH3 is 1. The van der Waals surface area contributed by atoms with Crippen LogP contribution >= 0.6 is 11.3 Å². The van der Waals surface area contributed by atoms with Crippen LogP contribution in [0.2, 0.25) is 0 Å². The van der Waals surface area contributed by atoms with Gasteiger partial charge in [0.25, 0.3) is 0 Å². The molecular formula is C30H30O5S. The molecule has 1 N–H and O–H groups in total. The highest BCUT2D eigenvalue weighted by Gasteiger charge is 2.20. The monoisotopic (exact) mass is 502 g/mol. The van der Waals surface area contributed by atoms with E-state index in [9.17, 15) is 9.90 Å². The number of benzene rings is 3. The van der Waals surface area contributed by atoms with Gasteiger partial charge >= 0.3 is 5.97 Å². The van der Waals surface area contributed by atoms with Gasteiger partial charge in [-0.1, -0.05) is 36.4 Å². The van der Waals surface area contributed by atoms with Crippen molar-refractivity contribution in [2.24, 2.45) is 0 Å². The number of carbonyl (C=O) groups excluding carboxylic acids is 1. The number of aliphatic hydroxyl groups is 1. The molecular weight excluding hydrogens is 472 g/mol. The first kappa shape index (κ1) is 25.5. The lowest BCUT2D eigenvalue weighted by Crippen LogP contribution is -2.22. The smallest absolute Gasteiger partial charge is 0.331 e. The van der Waals surface area contributed by atoms with Crippen molar-refractivity contribution in [1.82, 2.24) is 0 Å². The Kier molecular flexibility index (Phi) is 7.48. The van der Waals surface area contributed by atoms with Crippen LogP contribution in [0, 0.1) is 0 Å². The lowest BCUT2D eigenvalue weighted by molar-refractivity contribution is -0.148. The first-order valence-corrected chi connectivity index (χ1v) is 12.5. The maximum atomic E-state index is 12.0. The van der Waals surface area contributed by atoms with E-state index in [-0.39, 0.29) is 5.97 Å². The van der Waals surface area contributed by atoms with E-state index in [4.69, 9.17) is 14.2 Å². The molecule has 0 saturated heterocycles. The van der Waals surface area contributed by atoms with Crippen LogP contribution in [0.15, 0.2) is 72.8 Å². The van der Waals surface area contributed by atoms with Crippen LogP contribution in [0.3, 0.4) is 0 Å². The normalized spacial score (nSPS) is 12.6. The highest BCUT2D eigenvalue weighted by Crippen LogP contribution is 2.48. The molecule has 4 rings (SSSR count). The molecule has 3 aromatic carbocycles. The Morgan fingerprint density at radius 3 is 2.36 bits per heavy atom. The number of fused-ring (bicyclic) bond motifs is 1.